The number of ether oxygens (including phenoxy) is 1. The molecule has 0 amide bonds. The molecule has 1 atom stereocenters. The fourth-order valence-corrected chi connectivity index (χ4v) is 1.22. The van der Waals surface area contributed by atoms with E-state index in [4.69, 9.17) is 4.74 Å². The second kappa shape index (κ2) is 4.80. The quantitative estimate of drug-likeness (QED) is 0.656. The average molecular weight is 173 g/mol. The van der Waals surface area contributed by atoms with E-state index in [9.17, 15) is 5.11 Å². The van der Waals surface area contributed by atoms with Gasteiger partial charge in [0.15, 0.2) is 0 Å². The summed E-state index contributed by atoms with van der Waals surface area (Å²) < 4.78 is 5.30. The van der Waals surface area contributed by atoms with E-state index in [-0.39, 0.29) is 12.2 Å². The lowest BCUT2D eigenvalue weighted by molar-refractivity contribution is -0.0164. The number of hydrogen-bond donors (Lipinski definition) is 1. The van der Waals surface area contributed by atoms with E-state index < -0.39 is 0 Å². The maximum absolute atomic E-state index is 9.47. The Bertz CT molecular complexity index is 124. The summed E-state index contributed by atoms with van der Waals surface area (Å²) in [6.45, 7) is 7.48. The molecule has 3 nitrogen and oxygen atoms in total. The summed E-state index contributed by atoms with van der Waals surface area (Å²) in [6, 6.07) is 0. The van der Waals surface area contributed by atoms with Crippen LogP contribution in [0.15, 0.2) is 0 Å². The SMILES string of the molecule is CC(C)OCC(O)CN1CCC1. The third-order valence-electron chi connectivity index (χ3n) is 2.04. The summed E-state index contributed by atoms with van der Waals surface area (Å²) in [7, 11) is 0. The molecule has 12 heavy (non-hydrogen) atoms. The van der Waals surface area contributed by atoms with Gasteiger partial charge in [0.1, 0.15) is 0 Å². The zero-order valence-electron chi connectivity index (χ0n) is 7.99. The molecule has 3 heteroatoms. The topological polar surface area (TPSA) is 32.7 Å². The van der Waals surface area contributed by atoms with Crippen LogP contribution in [0.1, 0.15) is 20.3 Å². The molecule has 0 saturated carbocycles. The van der Waals surface area contributed by atoms with Gasteiger partial charge in [-0.25, -0.2) is 0 Å². The molecule has 0 radical (unpaired) electrons. The molecule has 1 heterocycles. The van der Waals surface area contributed by atoms with Gasteiger partial charge < -0.3 is 14.7 Å². The van der Waals surface area contributed by atoms with E-state index in [1.54, 1.807) is 0 Å². The van der Waals surface area contributed by atoms with Gasteiger partial charge in [0, 0.05) is 6.54 Å². The van der Waals surface area contributed by atoms with Crippen molar-refractivity contribution in [2.45, 2.75) is 32.5 Å². The molecular formula is C9H19NO2. The highest BCUT2D eigenvalue weighted by atomic mass is 16.5. The van der Waals surface area contributed by atoms with Crippen LogP contribution < -0.4 is 0 Å². The van der Waals surface area contributed by atoms with Crippen LogP contribution in [0.4, 0.5) is 0 Å². The molecule has 1 rings (SSSR count). The van der Waals surface area contributed by atoms with E-state index in [0.29, 0.717) is 6.61 Å². The van der Waals surface area contributed by atoms with Gasteiger partial charge in [0.05, 0.1) is 18.8 Å². The number of hydrogen-bond acceptors (Lipinski definition) is 3. The predicted octanol–water partition coefficient (Wildman–Crippen LogP) is 0.478. The normalized spacial score (nSPS) is 21.0. The Labute approximate surface area is 74.3 Å². The Morgan fingerprint density at radius 1 is 1.42 bits per heavy atom. The van der Waals surface area contributed by atoms with E-state index >= 15 is 0 Å². The van der Waals surface area contributed by atoms with Crippen molar-refractivity contribution < 1.29 is 9.84 Å². The Morgan fingerprint density at radius 3 is 2.50 bits per heavy atom. The number of rotatable bonds is 5. The molecule has 0 aromatic carbocycles. The molecule has 0 aromatic rings. The molecule has 1 fully saturated rings. The zero-order valence-corrected chi connectivity index (χ0v) is 7.99. The van der Waals surface area contributed by atoms with Crippen molar-refractivity contribution >= 4 is 0 Å². The highest BCUT2D eigenvalue weighted by molar-refractivity contribution is 4.71. The standard InChI is InChI=1S/C9H19NO2/c1-8(2)12-7-9(11)6-10-4-3-5-10/h8-9,11H,3-7H2,1-2H3. The molecule has 1 saturated heterocycles. The minimum atomic E-state index is -0.312. The molecule has 1 N–H and O–H groups in total. The number of aliphatic hydroxyl groups excluding tert-OH is 1. The fourth-order valence-electron chi connectivity index (χ4n) is 1.22. The molecule has 0 aliphatic carbocycles. The molecule has 72 valence electrons. The first-order chi connectivity index (χ1) is 5.68. The highest BCUT2D eigenvalue weighted by Crippen LogP contribution is 2.06. The highest BCUT2D eigenvalue weighted by Gasteiger charge is 2.17. The average Bonchev–Trinajstić information content (AvgIpc) is 1.93. The monoisotopic (exact) mass is 173 g/mol. The molecule has 1 unspecified atom stereocenters. The largest absolute Gasteiger partial charge is 0.389 e. The number of likely N-dealkylation sites (tertiary alicyclic amines) is 1. The van der Waals surface area contributed by atoms with Crippen LogP contribution in [0.2, 0.25) is 0 Å². The van der Waals surface area contributed by atoms with Gasteiger partial charge in [-0.1, -0.05) is 0 Å². The minimum absolute atomic E-state index is 0.219. The number of β-amino-alcohol motifs (C(OH)–C–C–N with tert-alkyl or cyclic N) is 1. The third kappa shape index (κ3) is 3.52. The molecule has 0 bridgehead atoms. The third-order valence-corrected chi connectivity index (χ3v) is 2.04. The van der Waals surface area contributed by atoms with Crippen molar-refractivity contribution in [3.8, 4) is 0 Å². The Balaban J connectivity index is 1.98. The van der Waals surface area contributed by atoms with Gasteiger partial charge in [0.25, 0.3) is 0 Å². The summed E-state index contributed by atoms with van der Waals surface area (Å²) >= 11 is 0. The van der Waals surface area contributed by atoms with E-state index in [0.717, 1.165) is 19.6 Å². The van der Waals surface area contributed by atoms with Gasteiger partial charge in [-0.2, -0.15) is 0 Å². The lowest BCUT2D eigenvalue weighted by Crippen LogP contribution is -2.43. The van der Waals surface area contributed by atoms with Crippen LogP contribution in [0.25, 0.3) is 0 Å². The first kappa shape index (κ1) is 9.96. The first-order valence-corrected chi connectivity index (χ1v) is 4.70. The van der Waals surface area contributed by atoms with Gasteiger partial charge in [0.2, 0.25) is 0 Å². The fraction of sp³-hybridized carbons (Fsp3) is 1.00. The maximum Gasteiger partial charge on any atom is 0.0900 e. The van der Waals surface area contributed by atoms with Gasteiger partial charge in [-0.05, 0) is 33.4 Å². The van der Waals surface area contributed by atoms with Crippen molar-refractivity contribution in [2.75, 3.05) is 26.2 Å². The van der Waals surface area contributed by atoms with Crippen LogP contribution in [0.3, 0.4) is 0 Å². The molecular weight excluding hydrogens is 154 g/mol. The first-order valence-electron chi connectivity index (χ1n) is 4.70. The Hall–Kier alpha value is -0.120. The summed E-state index contributed by atoms with van der Waals surface area (Å²) in [5, 5.41) is 9.47. The Kier molecular flexibility index (Phi) is 3.98. The molecule has 1 aliphatic rings. The lowest BCUT2D eigenvalue weighted by Gasteiger charge is -2.32. The summed E-state index contributed by atoms with van der Waals surface area (Å²) in [5.41, 5.74) is 0. The number of aliphatic hydroxyl groups is 1. The Morgan fingerprint density at radius 2 is 2.08 bits per heavy atom. The molecule has 0 spiro atoms. The van der Waals surface area contributed by atoms with Gasteiger partial charge in [-0.15, -0.1) is 0 Å². The van der Waals surface area contributed by atoms with E-state index in [2.05, 4.69) is 4.90 Å². The smallest absolute Gasteiger partial charge is 0.0900 e. The van der Waals surface area contributed by atoms with Crippen molar-refractivity contribution in [1.82, 2.24) is 4.90 Å². The maximum atomic E-state index is 9.47. The van der Waals surface area contributed by atoms with Crippen LogP contribution in [-0.4, -0.2) is 48.5 Å². The summed E-state index contributed by atoms with van der Waals surface area (Å²) in [6.07, 6.45) is 1.18. The van der Waals surface area contributed by atoms with Crippen LogP contribution in [0, 0.1) is 0 Å². The van der Waals surface area contributed by atoms with Crippen molar-refractivity contribution in [1.29, 1.82) is 0 Å². The minimum Gasteiger partial charge on any atom is -0.389 e. The van der Waals surface area contributed by atoms with Crippen LogP contribution in [-0.2, 0) is 4.74 Å². The van der Waals surface area contributed by atoms with Crippen molar-refractivity contribution in [3.63, 3.8) is 0 Å². The zero-order chi connectivity index (χ0) is 8.97. The van der Waals surface area contributed by atoms with Gasteiger partial charge >= 0.3 is 0 Å². The van der Waals surface area contributed by atoms with E-state index in [1.165, 1.54) is 6.42 Å². The van der Waals surface area contributed by atoms with Crippen molar-refractivity contribution in [3.05, 3.63) is 0 Å². The summed E-state index contributed by atoms with van der Waals surface area (Å²) in [4.78, 5) is 2.24. The lowest BCUT2D eigenvalue weighted by atomic mass is 10.2. The summed E-state index contributed by atoms with van der Waals surface area (Å²) in [5.74, 6) is 0. The molecule has 1 aliphatic heterocycles. The number of nitrogens with zero attached hydrogens (tertiary/aromatic N) is 1. The predicted molar refractivity (Wildman–Crippen MR) is 48.2 cm³/mol. The van der Waals surface area contributed by atoms with Crippen LogP contribution >= 0.6 is 0 Å². The van der Waals surface area contributed by atoms with Crippen molar-refractivity contribution in [2.24, 2.45) is 0 Å². The van der Waals surface area contributed by atoms with Crippen LogP contribution in [0.5, 0.6) is 0 Å². The molecule has 0 aromatic heterocycles. The van der Waals surface area contributed by atoms with Gasteiger partial charge in [-0.3, -0.25) is 0 Å². The second-order valence-corrected chi connectivity index (χ2v) is 3.69. The second-order valence-electron chi connectivity index (χ2n) is 3.69. The van der Waals surface area contributed by atoms with E-state index in [1.807, 2.05) is 13.8 Å².